The van der Waals surface area contributed by atoms with E-state index >= 15 is 0 Å². The maximum atomic E-state index is 13.1. The number of rotatable bonds is 6. The van der Waals surface area contributed by atoms with Gasteiger partial charge < -0.3 is 10.1 Å². The second-order valence-electron chi connectivity index (χ2n) is 8.42. The van der Waals surface area contributed by atoms with Crippen LogP contribution in [0.25, 0.3) is 0 Å². The molecule has 0 unspecified atom stereocenters. The average Bonchev–Trinajstić information content (AvgIpc) is 3.08. The Bertz CT molecular complexity index is 1200. The highest BCUT2D eigenvalue weighted by atomic mass is 32.2. The molecule has 34 heavy (non-hydrogen) atoms. The van der Waals surface area contributed by atoms with Gasteiger partial charge in [-0.3, -0.25) is 15.0 Å². The number of sulfonamides is 1. The molecule has 2 saturated heterocycles. The highest BCUT2D eigenvalue weighted by Gasteiger charge is 2.50. The molecule has 2 N–H and O–H groups in total. The number of nitrogens with zero attached hydrogens (tertiary/aromatic N) is 2. The molecule has 0 aromatic heterocycles. The fraction of sp³-hybridized carbons (Fsp3) is 0.348. The fourth-order valence-corrected chi connectivity index (χ4v) is 5.70. The first-order valence-electron chi connectivity index (χ1n) is 10.8. The van der Waals surface area contributed by atoms with Crippen LogP contribution in [0, 0.1) is 5.92 Å². The van der Waals surface area contributed by atoms with E-state index in [0.29, 0.717) is 29.2 Å². The number of methoxy groups -OCH3 is 1. The van der Waals surface area contributed by atoms with Crippen LogP contribution in [-0.4, -0.2) is 55.8 Å². The normalized spacial score (nSPS) is 23.5. The van der Waals surface area contributed by atoms with Gasteiger partial charge in [0.1, 0.15) is 11.3 Å². The van der Waals surface area contributed by atoms with E-state index in [1.165, 1.54) is 23.5 Å². The van der Waals surface area contributed by atoms with Crippen LogP contribution >= 0.6 is 0 Å². The van der Waals surface area contributed by atoms with Crippen LogP contribution < -0.4 is 15.5 Å². The number of hydrazine groups is 1. The van der Waals surface area contributed by atoms with Crippen molar-refractivity contribution in [3.05, 3.63) is 60.2 Å². The Hall–Kier alpha value is -3.44. The number of amides is 4. The monoisotopic (exact) mass is 486 g/mol. The largest absolute Gasteiger partial charge is 0.497 e. The summed E-state index contributed by atoms with van der Waals surface area (Å²) >= 11 is 0. The zero-order chi connectivity index (χ0) is 24.5. The second kappa shape index (κ2) is 9.07. The van der Waals surface area contributed by atoms with Crippen LogP contribution in [0.15, 0.2) is 59.5 Å². The fourth-order valence-electron chi connectivity index (χ4n) is 4.18. The van der Waals surface area contributed by atoms with Gasteiger partial charge in [0.2, 0.25) is 15.9 Å². The molecule has 2 heterocycles. The molecule has 0 bridgehead atoms. The number of nitrogens with one attached hydrogen (secondary N) is 2. The number of urea groups is 1. The SMILES string of the molecule is COc1ccc(S(=O)(=O)N2CCC[C@H](C(=O)NN3C(=O)N[C@](C)(c4ccccc4)C3=O)C2)cc1. The molecule has 10 nitrogen and oxygen atoms in total. The van der Waals surface area contributed by atoms with Gasteiger partial charge in [-0.15, -0.1) is 0 Å². The molecule has 2 aliphatic rings. The molecule has 11 heteroatoms. The molecule has 4 amide bonds. The number of piperidine rings is 1. The van der Waals surface area contributed by atoms with Crippen LogP contribution in [0.5, 0.6) is 5.75 Å². The molecule has 180 valence electrons. The third-order valence-electron chi connectivity index (χ3n) is 6.22. The highest BCUT2D eigenvalue weighted by molar-refractivity contribution is 7.89. The summed E-state index contributed by atoms with van der Waals surface area (Å²) < 4.78 is 32.5. The predicted molar refractivity (Wildman–Crippen MR) is 122 cm³/mol. The first-order valence-corrected chi connectivity index (χ1v) is 12.3. The molecule has 2 aromatic carbocycles. The zero-order valence-corrected chi connectivity index (χ0v) is 19.7. The number of carbonyl (C=O) groups excluding carboxylic acids is 3. The van der Waals surface area contributed by atoms with Gasteiger partial charge in [0.25, 0.3) is 5.91 Å². The van der Waals surface area contributed by atoms with Gasteiger partial charge in [-0.2, -0.15) is 9.31 Å². The van der Waals surface area contributed by atoms with Gasteiger partial charge in [-0.05, 0) is 49.6 Å². The summed E-state index contributed by atoms with van der Waals surface area (Å²) in [7, 11) is -2.33. The summed E-state index contributed by atoms with van der Waals surface area (Å²) in [5.74, 6) is -1.39. The van der Waals surface area contributed by atoms with Crippen molar-refractivity contribution < 1.29 is 27.5 Å². The molecule has 2 aliphatic heterocycles. The van der Waals surface area contributed by atoms with E-state index in [0.717, 1.165) is 0 Å². The van der Waals surface area contributed by atoms with Crippen LogP contribution in [0.1, 0.15) is 25.3 Å². The smallest absolute Gasteiger partial charge is 0.344 e. The quantitative estimate of drug-likeness (QED) is 0.598. The van der Waals surface area contributed by atoms with E-state index in [1.807, 2.05) is 0 Å². The van der Waals surface area contributed by atoms with Crippen molar-refractivity contribution in [1.82, 2.24) is 20.1 Å². The summed E-state index contributed by atoms with van der Waals surface area (Å²) in [5.41, 5.74) is 1.66. The number of imide groups is 1. The summed E-state index contributed by atoms with van der Waals surface area (Å²) in [6.07, 6.45) is 0.898. The second-order valence-corrected chi connectivity index (χ2v) is 10.4. The summed E-state index contributed by atoms with van der Waals surface area (Å²) in [6, 6.07) is 14.0. The number of benzene rings is 2. The molecular weight excluding hydrogens is 460 g/mol. The van der Waals surface area contributed by atoms with Crippen molar-refractivity contribution in [2.75, 3.05) is 20.2 Å². The Kier molecular flexibility index (Phi) is 6.32. The number of ether oxygens (including phenoxy) is 1. The summed E-state index contributed by atoms with van der Waals surface area (Å²) in [4.78, 5) is 38.6. The summed E-state index contributed by atoms with van der Waals surface area (Å²) in [6.45, 7) is 1.78. The maximum absolute atomic E-state index is 13.1. The Morgan fingerprint density at radius 3 is 2.44 bits per heavy atom. The number of carbonyl (C=O) groups is 3. The van der Waals surface area contributed by atoms with E-state index in [9.17, 15) is 22.8 Å². The average molecular weight is 487 g/mol. The molecular formula is C23H26N4O6S. The molecule has 2 atom stereocenters. The molecule has 0 aliphatic carbocycles. The van der Waals surface area contributed by atoms with Crippen LogP contribution in [0.4, 0.5) is 4.79 Å². The topological polar surface area (TPSA) is 125 Å². The van der Waals surface area contributed by atoms with Crippen molar-refractivity contribution in [2.45, 2.75) is 30.2 Å². The van der Waals surface area contributed by atoms with E-state index in [1.54, 1.807) is 49.4 Å². The lowest BCUT2D eigenvalue weighted by Gasteiger charge is -2.32. The van der Waals surface area contributed by atoms with Crippen molar-refractivity contribution in [1.29, 1.82) is 0 Å². The zero-order valence-electron chi connectivity index (χ0n) is 18.9. The Labute approximate surface area is 197 Å². The lowest BCUT2D eigenvalue weighted by Crippen LogP contribution is -2.52. The minimum Gasteiger partial charge on any atom is -0.497 e. The van der Waals surface area contributed by atoms with E-state index < -0.39 is 39.3 Å². The molecule has 0 saturated carbocycles. The third kappa shape index (κ3) is 4.24. The molecule has 0 spiro atoms. The Morgan fingerprint density at radius 2 is 1.79 bits per heavy atom. The first kappa shape index (κ1) is 23.7. The van der Waals surface area contributed by atoms with Gasteiger partial charge in [0.05, 0.1) is 17.9 Å². The lowest BCUT2D eigenvalue weighted by molar-refractivity contribution is -0.141. The molecule has 2 fully saturated rings. The van der Waals surface area contributed by atoms with Gasteiger partial charge in [-0.1, -0.05) is 30.3 Å². The van der Waals surface area contributed by atoms with Crippen molar-refractivity contribution in [2.24, 2.45) is 5.92 Å². The van der Waals surface area contributed by atoms with Crippen LogP contribution in [0.3, 0.4) is 0 Å². The minimum atomic E-state index is -3.82. The molecule has 4 rings (SSSR count). The van der Waals surface area contributed by atoms with Crippen molar-refractivity contribution in [3.8, 4) is 5.75 Å². The van der Waals surface area contributed by atoms with Gasteiger partial charge in [-0.25, -0.2) is 13.2 Å². The summed E-state index contributed by atoms with van der Waals surface area (Å²) in [5, 5.41) is 3.30. The van der Waals surface area contributed by atoms with Crippen LogP contribution in [0.2, 0.25) is 0 Å². The van der Waals surface area contributed by atoms with E-state index in [-0.39, 0.29) is 18.0 Å². The van der Waals surface area contributed by atoms with E-state index in [4.69, 9.17) is 4.74 Å². The number of hydrogen-bond acceptors (Lipinski definition) is 6. The third-order valence-corrected chi connectivity index (χ3v) is 8.10. The lowest BCUT2D eigenvalue weighted by atomic mass is 9.92. The maximum Gasteiger partial charge on any atom is 0.344 e. The molecule has 0 radical (unpaired) electrons. The molecule has 2 aromatic rings. The Balaban J connectivity index is 1.46. The van der Waals surface area contributed by atoms with Gasteiger partial charge in [0.15, 0.2) is 0 Å². The van der Waals surface area contributed by atoms with Crippen molar-refractivity contribution in [3.63, 3.8) is 0 Å². The van der Waals surface area contributed by atoms with Gasteiger partial charge >= 0.3 is 6.03 Å². The van der Waals surface area contributed by atoms with Gasteiger partial charge in [0, 0.05) is 13.1 Å². The van der Waals surface area contributed by atoms with E-state index in [2.05, 4.69) is 10.7 Å². The minimum absolute atomic E-state index is 0.0558. The van der Waals surface area contributed by atoms with Crippen molar-refractivity contribution >= 4 is 27.9 Å². The number of hydrogen-bond donors (Lipinski definition) is 2. The highest BCUT2D eigenvalue weighted by Crippen LogP contribution is 2.29. The van der Waals surface area contributed by atoms with Crippen LogP contribution in [-0.2, 0) is 25.2 Å². The standard InChI is InChI=1S/C23H26N4O6S/c1-23(17-8-4-3-5-9-17)21(29)27(22(30)24-23)25-20(28)16-7-6-14-26(15-16)34(31,32)19-12-10-18(33-2)11-13-19/h3-5,8-13,16H,6-7,14-15H2,1-2H3,(H,24,30)(H,25,28)/t16-,23+/m0/s1. The first-order chi connectivity index (χ1) is 16.2. The predicted octanol–water partition coefficient (Wildman–Crippen LogP) is 1.59. The Morgan fingerprint density at radius 1 is 1.12 bits per heavy atom.